The van der Waals surface area contributed by atoms with E-state index < -0.39 is 12.0 Å². The quantitative estimate of drug-likeness (QED) is 0.874. The van der Waals surface area contributed by atoms with Crippen LogP contribution in [0.15, 0.2) is 24.3 Å². The van der Waals surface area contributed by atoms with Crippen molar-refractivity contribution in [1.29, 1.82) is 0 Å². The number of aliphatic carboxylic acids is 1. The van der Waals surface area contributed by atoms with Crippen LogP contribution in [-0.2, 0) is 9.59 Å². The summed E-state index contributed by atoms with van der Waals surface area (Å²) in [6.45, 7) is 0.653. The smallest absolute Gasteiger partial charge is 0.331 e. The molecule has 0 saturated heterocycles. The molecule has 1 atom stereocenters. The summed E-state index contributed by atoms with van der Waals surface area (Å²) in [5.74, 6) is -0.507. The number of para-hydroxylation sites is 1. The van der Waals surface area contributed by atoms with E-state index in [-0.39, 0.29) is 11.8 Å². The minimum Gasteiger partial charge on any atom is -0.491 e. The molecular weight excluding hydrogens is 246 g/mol. The van der Waals surface area contributed by atoms with Crippen molar-refractivity contribution in [2.75, 3.05) is 13.2 Å². The molecule has 0 aromatic heterocycles. The van der Waals surface area contributed by atoms with Gasteiger partial charge in [-0.15, -0.1) is 0 Å². The Kier molecular flexibility index (Phi) is 2.89. The first-order chi connectivity index (χ1) is 9.18. The van der Waals surface area contributed by atoms with Gasteiger partial charge in [-0.25, -0.2) is 4.79 Å². The lowest BCUT2D eigenvalue weighted by Crippen LogP contribution is -2.40. The highest BCUT2D eigenvalue weighted by atomic mass is 16.5. The fraction of sp³-hybridized carbons (Fsp3) is 0.429. The monoisotopic (exact) mass is 261 g/mol. The SMILES string of the molecule is O=C(O)C1c2ccccc2OCCN1C(=O)C1CC1. The van der Waals surface area contributed by atoms with E-state index in [1.54, 1.807) is 24.3 Å². The summed E-state index contributed by atoms with van der Waals surface area (Å²) in [6, 6.07) is 6.09. The summed E-state index contributed by atoms with van der Waals surface area (Å²) < 4.78 is 5.55. The van der Waals surface area contributed by atoms with Gasteiger partial charge in [0.2, 0.25) is 5.91 Å². The topological polar surface area (TPSA) is 66.8 Å². The highest BCUT2D eigenvalue weighted by molar-refractivity contribution is 5.87. The third-order valence-corrected chi connectivity index (χ3v) is 3.56. The van der Waals surface area contributed by atoms with Crippen molar-refractivity contribution >= 4 is 11.9 Å². The van der Waals surface area contributed by atoms with E-state index in [0.29, 0.717) is 24.5 Å². The Morgan fingerprint density at radius 1 is 1.26 bits per heavy atom. The molecule has 1 aliphatic heterocycles. The molecule has 1 aromatic carbocycles. The van der Waals surface area contributed by atoms with Gasteiger partial charge in [-0.3, -0.25) is 4.79 Å². The Labute approximate surface area is 110 Å². The van der Waals surface area contributed by atoms with Gasteiger partial charge in [-0.05, 0) is 18.9 Å². The number of ether oxygens (including phenoxy) is 1. The van der Waals surface area contributed by atoms with Crippen LogP contribution < -0.4 is 4.74 Å². The Hall–Kier alpha value is -2.04. The number of carbonyl (C=O) groups is 2. The Morgan fingerprint density at radius 3 is 2.68 bits per heavy atom. The number of carboxylic acid groups (broad SMARTS) is 1. The summed E-state index contributed by atoms with van der Waals surface area (Å²) >= 11 is 0. The molecule has 1 aromatic rings. The fourth-order valence-corrected chi connectivity index (χ4v) is 2.46. The van der Waals surface area contributed by atoms with Crippen molar-refractivity contribution in [3.63, 3.8) is 0 Å². The Bertz CT molecular complexity index is 524. The highest BCUT2D eigenvalue weighted by Crippen LogP contribution is 2.37. The first kappa shape index (κ1) is 12.0. The van der Waals surface area contributed by atoms with Gasteiger partial charge in [0, 0.05) is 11.5 Å². The lowest BCUT2D eigenvalue weighted by Gasteiger charge is -2.26. The first-order valence-corrected chi connectivity index (χ1v) is 6.43. The number of benzene rings is 1. The minimum atomic E-state index is -1.01. The molecule has 0 bridgehead atoms. The molecule has 1 fully saturated rings. The molecule has 3 rings (SSSR count). The third kappa shape index (κ3) is 2.16. The molecule has 0 radical (unpaired) electrons. The van der Waals surface area contributed by atoms with Crippen molar-refractivity contribution in [3.8, 4) is 5.75 Å². The van der Waals surface area contributed by atoms with Crippen molar-refractivity contribution in [2.45, 2.75) is 18.9 Å². The van der Waals surface area contributed by atoms with Crippen molar-refractivity contribution < 1.29 is 19.4 Å². The first-order valence-electron chi connectivity index (χ1n) is 6.43. The summed E-state index contributed by atoms with van der Waals surface area (Å²) in [6.07, 6.45) is 1.73. The number of nitrogens with zero attached hydrogens (tertiary/aromatic N) is 1. The maximum absolute atomic E-state index is 12.2. The third-order valence-electron chi connectivity index (χ3n) is 3.56. The molecule has 2 aliphatic rings. The predicted molar refractivity (Wildman–Crippen MR) is 66.8 cm³/mol. The maximum atomic E-state index is 12.2. The second-order valence-electron chi connectivity index (χ2n) is 4.93. The molecular formula is C14H15NO4. The van der Waals surface area contributed by atoms with Crippen LogP contribution in [0.3, 0.4) is 0 Å². The molecule has 5 nitrogen and oxygen atoms in total. The number of fused-ring (bicyclic) bond motifs is 1. The van der Waals surface area contributed by atoms with E-state index in [0.717, 1.165) is 12.8 Å². The summed E-state index contributed by atoms with van der Waals surface area (Å²) in [4.78, 5) is 25.3. The highest BCUT2D eigenvalue weighted by Gasteiger charge is 2.41. The van der Waals surface area contributed by atoms with Gasteiger partial charge >= 0.3 is 5.97 Å². The van der Waals surface area contributed by atoms with Gasteiger partial charge in [-0.2, -0.15) is 0 Å². The molecule has 1 amide bonds. The van der Waals surface area contributed by atoms with Crippen LogP contribution in [0.25, 0.3) is 0 Å². The summed E-state index contributed by atoms with van der Waals surface area (Å²) in [7, 11) is 0. The number of hydrogen-bond donors (Lipinski definition) is 1. The van der Waals surface area contributed by atoms with Crippen LogP contribution in [0, 0.1) is 5.92 Å². The predicted octanol–water partition coefficient (Wildman–Crippen LogP) is 1.44. The van der Waals surface area contributed by atoms with Crippen LogP contribution in [0.5, 0.6) is 5.75 Å². The van der Waals surface area contributed by atoms with Crippen LogP contribution in [0.4, 0.5) is 0 Å². The zero-order chi connectivity index (χ0) is 13.4. The zero-order valence-electron chi connectivity index (χ0n) is 10.4. The average Bonchev–Trinajstić information content (AvgIpc) is 3.23. The Balaban J connectivity index is 2.01. The number of rotatable bonds is 2. The molecule has 1 heterocycles. The summed E-state index contributed by atoms with van der Waals surface area (Å²) in [5.41, 5.74) is 0.557. The molecule has 1 N–H and O–H groups in total. The number of hydrogen-bond acceptors (Lipinski definition) is 3. The van der Waals surface area contributed by atoms with Crippen molar-refractivity contribution in [3.05, 3.63) is 29.8 Å². The lowest BCUT2D eigenvalue weighted by molar-refractivity contribution is -0.151. The van der Waals surface area contributed by atoms with Crippen LogP contribution in [0.1, 0.15) is 24.4 Å². The molecule has 1 unspecified atom stereocenters. The van der Waals surface area contributed by atoms with Crippen molar-refractivity contribution in [1.82, 2.24) is 4.90 Å². The van der Waals surface area contributed by atoms with Gasteiger partial charge in [0.1, 0.15) is 12.4 Å². The largest absolute Gasteiger partial charge is 0.491 e. The standard InChI is InChI=1S/C14H15NO4/c16-13(9-5-6-9)15-7-8-19-11-4-2-1-3-10(11)12(15)14(17)18/h1-4,9,12H,5-8H2,(H,17,18). The number of amides is 1. The summed E-state index contributed by atoms with van der Waals surface area (Å²) in [5, 5.41) is 9.48. The van der Waals surface area contributed by atoms with Crippen LogP contribution >= 0.6 is 0 Å². The normalized spacial score (nSPS) is 22.1. The van der Waals surface area contributed by atoms with E-state index in [9.17, 15) is 14.7 Å². The molecule has 100 valence electrons. The van der Waals surface area contributed by atoms with Crippen molar-refractivity contribution in [2.24, 2.45) is 5.92 Å². The van der Waals surface area contributed by atoms with Gasteiger partial charge in [-0.1, -0.05) is 18.2 Å². The zero-order valence-corrected chi connectivity index (χ0v) is 10.4. The molecule has 1 saturated carbocycles. The average molecular weight is 261 g/mol. The molecule has 1 aliphatic carbocycles. The van der Waals surface area contributed by atoms with E-state index in [2.05, 4.69) is 0 Å². The van der Waals surface area contributed by atoms with E-state index >= 15 is 0 Å². The second kappa shape index (κ2) is 4.57. The minimum absolute atomic E-state index is 0.00659. The second-order valence-corrected chi connectivity index (χ2v) is 4.93. The molecule has 5 heteroatoms. The van der Waals surface area contributed by atoms with Crippen LogP contribution in [0.2, 0.25) is 0 Å². The van der Waals surface area contributed by atoms with Crippen LogP contribution in [-0.4, -0.2) is 35.0 Å². The fourth-order valence-electron chi connectivity index (χ4n) is 2.46. The lowest BCUT2D eigenvalue weighted by atomic mass is 10.0. The number of carbonyl (C=O) groups excluding carboxylic acids is 1. The Morgan fingerprint density at radius 2 is 2.00 bits per heavy atom. The van der Waals surface area contributed by atoms with Gasteiger partial charge < -0.3 is 14.7 Å². The van der Waals surface area contributed by atoms with Gasteiger partial charge in [0.15, 0.2) is 6.04 Å². The molecule has 0 spiro atoms. The number of carboxylic acids is 1. The molecule has 19 heavy (non-hydrogen) atoms. The van der Waals surface area contributed by atoms with Gasteiger partial charge in [0.05, 0.1) is 6.54 Å². The van der Waals surface area contributed by atoms with E-state index in [1.807, 2.05) is 0 Å². The van der Waals surface area contributed by atoms with E-state index in [1.165, 1.54) is 4.90 Å². The maximum Gasteiger partial charge on any atom is 0.331 e. The van der Waals surface area contributed by atoms with E-state index in [4.69, 9.17) is 4.74 Å². The van der Waals surface area contributed by atoms with Gasteiger partial charge in [0.25, 0.3) is 0 Å².